The lowest BCUT2D eigenvalue weighted by Gasteiger charge is -2.44. The van der Waals surface area contributed by atoms with Crippen molar-refractivity contribution in [3.63, 3.8) is 0 Å². The fourth-order valence-electron chi connectivity index (χ4n) is 4.46. The molecule has 1 amide bonds. The quantitative estimate of drug-likeness (QED) is 0.553. The van der Waals surface area contributed by atoms with Crippen molar-refractivity contribution in [1.82, 2.24) is 10.2 Å². The highest BCUT2D eigenvalue weighted by atomic mass is 35.5. The molecule has 3 aromatic rings. The molecule has 1 aromatic heterocycles. The highest BCUT2D eigenvalue weighted by molar-refractivity contribution is 7.17. The summed E-state index contributed by atoms with van der Waals surface area (Å²) in [6, 6.07) is 22.5. The first kappa shape index (κ1) is 21.9. The molecular weight excluding hydrogens is 428 g/mol. The maximum Gasteiger partial charge on any atom is 0.261 e. The molecule has 4 heterocycles. The number of hydrogen-bond donors (Lipinski definition) is 1. The lowest BCUT2D eigenvalue weighted by Crippen LogP contribution is -2.57. The molecule has 3 saturated heterocycles. The van der Waals surface area contributed by atoms with Crippen LogP contribution in [0, 0.1) is 5.92 Å². The van der Waals surface area contributed by atoms with Crippen LogP contribution in [0.4, 0.5) is 0 Å². The second kappa shape index (κ2) is 9.86. The summed E-state index contributed by atoms with van der Waals surface area (Å²) in [5, 5.41) is 3.29. The van der Waals surface area contributed by atoms with Crippen LogP contribution in [0.25, 0.3) is 10.4 Å². The SMILES string of the molecule is Cl.O=C(N[C@H]1CN2CCC1CC2)c1ccc(-c2cccc(OCc3ccccc3)c2)s1. The fourth-order valence-corrected chi connectivity index (χ4v) is 5.37. The van der Waals surface area contributed by atoms with Crippen molar-refractivity contribution in [1.29, 1.82) is 0 Å². The smallest absolute Gasteiger partial charge is 0.261 e. The molecule has 6 rings (SSSR count). The Morgan fingerprint density at radius 2 is 1.84 bits per heavy atom. The molecule has 3 fully saturated rings. The standard InChI is InChI=1S/C25H26N2O2S.ClH/c28-25(26-22-16-27-13-11-19(22)12-14-27)24-10-9-23(30-24)20-7-4-8-21(15-20)29-17-18-5-2-1-3-6-18;/h1-10,15,19,22H,11-14,16-17H2,(H,26,28);1H/t22-;/m0./s1. The lowest BCUT2D eigenvalue weighted by molar-refractivity contribution is 0.0622. The third kappa shape index (κ3) is 5.12. The van der Waals surface area contributed by atoms with Crippen molar-refractivity contribution in [2.75, 3.05) is 19.6 Å². The van der Waals surface area contributed by atoms with Gasteiger partial charge >= 0.3 is 0 Å². The molecule has 3 aliphatic heterocycles. The molecule has 0 radical (unpaired) electrons. The van der Waals surface area contributed by atoms with Crippen LogP contribution in [-0.4, -0.2) is 36.5 Å². The molecule has 0 spiro atoms. The van der Waals surface area contributed by atoms with Gasteiger partial charge in [0.1, 0.15) is 12.4 Å². The van der Waals surface area contributed by atoms with E-state index >= 15 is 0 Å². The van der Waals surface area contributed by atoms with Gasteiger partial charge in [-0.25, -0.2) is 0 Å². The van der Waals surface area contributed by atoms with Gasteiger partial charge in [-0.05, 0) is 67.2 Å². The normalized spacial score (nSPS) is 21.9. The summed E-state index contributed by atoms with van der Waals surface area (Å²) in [4.78, 5) is 17.1. The van der Waals surface area contributed by atoms with Crippen LogP contribution in [0.5, 0.6) is 5.75 Å². The molecule has 31 heavy (non-hydrogen) atoms. The van der Waals surface area contributed by atoms with Gasteiger partial charge in [0.15, 0.2) is 0 Å². The first-order chi connectivity index (χ1) is 14.7. The molecule has 162 valence electrons. The Bertz CT molecular complexity index is 1020. The van der Waals surface area contributed by atoms with Gasteiger partial charge in [-0.3, -0.25) is 4.79 Å². The number of carbonyl (C=O) groups is 1. The number of nitrogens with one attached hydrogen (secondary N) is 1. The highest BCUT2D eigenvalue weighted by Crippen LogP contribution is 2.32. The van der Waals surface area contributed by atoms with Crippen LogP contribution in [0.1, 0.15) is 28.1 Å². The predicted octanol–water partition coefficient (Wildman–Crippen LogP) is 5.24. The monoisotopic (exact) mass is 454 g/mol. The van der Waals surface area contributed by atoms with E-state index in [2.05, 4.69) is 28.4 Å². The second-order valence-electron chi connectivity index (χ2n) is 8.18. The van der Waals surface area contributed by atoms with Gasteiger partial charge in [0.25, 0.3) is 5.91 Å². The summed E-state index contributed by atoms with van der Waals surface area (Å²) in [5.41, 5.74) is 2.22. The topological polar surface area (TPSA) is 41.6 Å². The van der Waals surface area contributed by atoms with E-state index in [1.54, 1.807) is 11.3 Å². The Balaban J connectivity index is 0.00000231. The van der Waals surface area contributed by atoms with Gasteiger partial charge < -0.3 is 15.0 Å². The van der Waals surface area contributed by atoms with Crippen LogP contribution >= 0.6 is 23.7 Å². The molecule has 4 nitrogen and oxygen atoms in total. The maximum atomic E-state index is 12.8. The summed E-state index contributed by atoms with van der Waals surface area (Å²) < 4.78 is 5.96. The number of ether oxygens (including phenoxy) is 1. The Kier molecular flexibility index (Phi) is 6.96. The average molecular weight is 455 g/mol. The Labute approximate surface area is 193 Å². The zero-order valence-corrected chi connectivity index (χ0v) is 19.0. The zero-order valence-electron chi connectivity index (χ0n) is 17.3. The van der Waals surface area contributed by atoms with E-state index in [0.29, 0.717) is 18.6 Å². The first-order valence-corrected chi connectivity index (χ1v) is 11.5. The molecule has 0 saturated carbocycles. The Hall–Kier alpha value is -2.34. The minimum absolute atomic E-state index is 0. The molecule has 0 aliphatic carbocycles. The zero-order chi connectivity index (χ0) is 20.3. The number of halogens is 1. The van der Waals surface area contributed by atoms with E-state index in [9.17, 15) is 4.79 Å². The van der Waals surface area contributed by atoms with Crippen LogP contribution in [-0.2, 0) is 6.61 Å². The van der Waals surface area contributed by atoms with Crippen LogP contribution in [0.2, 0.25) is 0 Å². The van der Waals surface area contributed by atoms with Crippen LogP contribution < -0.4 is 10.1 Å². The molecule has 2 bridgehead atoms. The van der Waals surface area contributed by atoms with E-state index in [-0.39, 0.29) is 18.3 Å². The molecule has 3 aliphatic rings. The van der Waals surface area contributed by atoms with Gasteiger partial charge in [0, 0.05) is 17.5 Å². The van der Waals surface area contributed by atoms with Crippen molar-refractivity contribution in [2.45, 2.75) is 25.5 Å². The summed E-state index contributed by atoms with van der Waals surface area (Å²) in [7, 11) is 0. The molecular formula is C25H27ClN2O2S. The van der Waals surface area contributed by atoms with Gasteiger partial charge in [-0.1, -0.05) is 42.5 Å². The number of thiophene rings is 1. The van der Waals surface area contributed by atoms with Crippen molar-refractivity contribution in [2.24, 2.45) is 5.92 Å². The molecule has 2 aromatic carbocycles. The second-order valence-corrected chi connectivity index (χ2v) is 9.27. The number of nitrogens with zero attached hydrogens (tertiary/aromatic N) is 1. The van der Waals surface area contributed by atoms with Gasteiger partial charge in [0.05, 0.1) is 4.88 Å². The van der Waals surface area contributed by atoms with Gasteiger partial charge in [-0.2, -0.15) is 0 Å². The van der Waals surface area contributed by atoms with Gasteiger partial charge in [-0.15, -0.1) is 23.7 Å². The highest BCUT2D eigenvalue weighted by Gasteiger charge is 2.35. The van der Waals surface area contributed by atoms with Crippen LogP contribution in [0.3, 0.4) is 0 Å². The van der Waals surface area contributed by atoms with Gasteiger partial charge in [0.2, 0.25) is 0 Å². The summed E-state index contributed by atoms with van der Waals surface area (Å²) >= 11 is 1.54. The summed E-state index contributed by atoms with van der Waals surface area (Å²) in [6.07, 6.45) is 2.41. The number of hydrogen-bond acceptors (Lipinski definition) is 4. The van der Waals surface area contributed by atoms with Crippen molar-refractivity contribution < 1.29 is 9.53 Å². The Morgan fingerprint density at radius 3 is 2.58 bits per heavy atom. The summed E-state index contributed by atoms with van der Waals surface area (Å²) in [6.45, 7) is 3.91. The molecule has 0 unspecified atom stereocenters. The minimum Gasteiger partial charge on any atom is -0.489 e. The molecule has 1 N–H and O–H groups in total. The number of piperidine rings is 3. The number of rotatable bonds is 6. The van der Waals surface area contributed by atoms with Crippen molar-refractivity contribution >= 4 is 29.7 Å². The summed E-state index contributed by atoms with van der Waals surface area (Å²) in [5.74, 6) is 1.53. The number of fused-ring (bicyclic) bond motifs is 3. The van der Waals surface area contributed by atoms with E-state index in [1.807, 2.05) is 48.5 Å². The average Bonchev–Trinajstić information content (AvgIpc) is 3.30. The van der Waals surface area contributed by atoms with Crippen molar-refractivity contribution in [3.05, 3.63) is 77.2 Å². The minimum atomic E-state index is 0. The molecule has 6 heteroatoms. The van der Waals surface area contributed by atoms with E-state index in [1.165, 1.54) is 25.9 Å². The Morgan fingerprint density at radius 1 is 1.03 bits per heavy atom. The number of carbonyl (C=O) groups excluding carboxylic acids is 1. The maximum absolute atomic E-state index is 12.8. The van der Waals surface area contributed by atoms with E-state index in [0.717, 1.165) is 33.2 Å². The lowest BCUT2D eigenvalue weighted by atomic mass is 9.84. The van der Waals surface area contributed by atoms with Crippen molar-refractivity contribution in [3.8, 4) is 16.2 Å². The largest absolute Gasteiger partial charge is 0.489 e. The number of amides is 1. The third-order valence-electron chi connectivity index (χ3n) is 6.17. The number of benzene rings is 2. The predicted molar refractivity (Wildman–Crippen MR) is 128 cm³/mol. The first-order valence-electron chi connectivity index (χ1n) is 10.6. The van der Waals surface area contributed by atoms with Crippen LogP contribution in [0.15, 0.2) is 66.7 Å². The fraction of sp³-hybridized carbons (Fsp3) is 0.320. The molecule has 1 atom stereocenters. The van der Waals surface area contributed by atoms with E-state index < -0.39 is 0 Å². The van der Waals surface area contributed by atoms with E-state index in [4.69, 9.17) is 4.74 Å². The third-order valence-corrected chi connectivity index (χ3v) is 7.30.